The van der Waals surface area contributed by atoms with Crippen molar-refractivity contribution in [2.45, 2.75) is 38.5 Å². The molecule has 1 aromatic heterocycles. The second kappa shape index (κ2) is 7.01. The molecule has 0 spiro atoms. The van der Waals surface area contributed by atoms with Crippen LogP contribution in [0.5, 0.6) is 0 Å². The van der Waals surface area contributed by atoms with E-state index in [2.05, 4.69) is 51.4 Å². The third kappa shape index (κ3) is 3.92. The van der Waals surface area contributed by atoms with Gasteiger partial charge in [-0.2, -0.15) is 0 Å². The minimum Gasteiger partial charge on any atom is -0.371 e. The fourth-order valence-electron chi connectivity index (χ4n) is 2.47. The van der Waals surface area contributed by atoms with E-state index in [4.69, 9.17) is 4.74 Å². The van der Waals surface area contributed by atoms with Gasteiger partial charge in [-0.15, -0.1) is 11.3 Å². The number of benzene rings is 1. The molecular weight excluding hydrogens is 348 g/mol. The summed E-state index contributed by atoms with van der Waals surface area (Å²) in [5, 5.41) is 4.68. The maximum Gasteiger partial charge on any atom is 0.122 e. The van der Waals surface area contributed by atoms with Crippen molar-refractivity contribution in [1.82, 2.24) is 10.3 Å². The molecule has 0 unspecified atom stereocenters. The van der Waals surface area contributed by atoms with E-state index in [1.54, 1.807) is 11.3 Å². The summed E-state index contributed by atoms with van der Waals surface area (Å²) in [7, 11) is 0. The topological polar surface area (TPSA) is 34.2 Å². The van der Waals surface area contributed by atoms with Crippen molar-refractivity contribution in [3.05, 3.63) is 50.4 Å². The highest BCUT2D eigenvalue weighted by Gasteiger charge is 2.20. The smallest absolute Gasteiger partial charge is 0.122 e. The van der Waals surface area contributed by atoms with Gasteiger partial charge in [0.05, 0.1) is 0 Å². The monoisotopic (exact) mass is 366 g/mol. The van der Waals surface area contributed by atoms with Gasteiger partial charge in [0.25, 0.3) is 0 Å². The molecule has 3 rings (SSSR count). The highest BCUT2D eigenvalue weighted by Crippen LogP contribution is 2.31. The molecule has 0 radical (unpaired) electrons. The van der Waals surface area contributed by atoms with Crippen LogP contribution in [0.2, 0.25) is 0 Å². The van der Waals surface area contributed by atoms with E-state index in [0.29, 0.717) is 6.04 Å². The third-order valence-electron chi connectivity index (χ3n) is 3.71. The molecule has 0 amide bonds. The predicted octanol–water partition coefficient (Wildman–Crippen LogP) is 4.61. The highest BCUT2D eigenvalue weighted by atomic mass is 79.9. The minimum atomic E-state index is 0.228. The second-order valence-corrected chi connectivity index (χ2v) is 7.39. The lowest BCUT2D eigenvalue weighted by molar-refractivity contribution is 0.111. The standard InChI is InChI=1S/C16H19BrN2OS/c1-11(12-4-2-5-13(17)8-12)18-9-14-10-19-16(21-14)15-6-3-7-20-15/h2,4-5,8,10-11,15,18H,3,6-7,9H2,1H3/t11-,15+/m0/s1. The summed E-state index contributed by atoms with van der Waals surface area (Å²) < 4.78 is 6.80. The summed E-state index contributed by atoms with van der Waals surface area (Å²) in [5.41, 5.74) is 1.29. The Kier molecular flexibility index (Phi) is 5.06. The molecule has 112 valence electrons. The van der Waals surface area contributed by atoms with Gasteiger partial charge in [-0.3, -0.25) is 0 Å². The zero-order chi connectivity index (χ0) is 14.7. The van der Waals surface area contributed by atoms with Crippen LogP contribution in [0.15, 0.2) is 34.9 Å². The lowest BCUT2D eigenvalue weighted by Gasteiger charge is -2.13. The van der Waals surface area contributed by atoms with Gasteiger partial charge in [-0.25, -0.2) is 4.98 Å². The predicted molar refractivity (Wildman–Crippen MR) is 89.4 cm³/mol. The van der Waals surface area contributed by atoms with Crippen LogP contribution in [0.25, 0.3) is 0 Å². The molecule has 1 aromatic carbocycles. The van der Waals surface area contributed by atoms with Crippen molar-refractivity contribution in [3.63, 3.8) is 0 Å². The molecule has 2 heterocycles. The number of nitrogens with one attached hydrogen (secondary N) is 1. The van der Waals surface area contributed by atoms with Crippen molar-refractivity contribution in [2.75, 3.05) is 6.61 Å². The van der Waals surface area contributed by atoms with Gasteiger partial charge in [0, 0.05) is 34.7 Å². The van der Waals surface area contributed by atoms with Crippen molar-refractivity contribution < 1.29 is 4.74 Å². The molecule has 1 aliphatic rings. The Bertz CT molecular complexity index is 595. The average molecular weight is 367 g/mol. The van der Waals surface area contributed by atoms with Gasteiger partial charge in [-0.05, 0) is 37.5 Å². The summed E-state index contributed by atoms with van der Waals surface area (Å²) in [6.45, 7) is 3.90. The average Bonchev–Trinajstić information content (AvgIpc) is 3.15. The van der Waals surface area contributed by atoms with Crippen molar-refractivity contribution in [3.8, 4) is 0 Å². The summed E-state index contributed by atoms with van der Waals surface area (Å²) in [4.78, 5) is 5.78. The Morgan fingerprint density at radius 1 is 1.52 bits per heavy atom. The molecule has 3 nitrogen and oxygen atoms in total. The molecule has 1 saturated heterocycles. The zero-order valence-electron chi connectivity index (χ0n) is 12.0. The summed E-state index contributed by atoms with van der Waals surface area (Å²) in [6, 6.07) is 8.73. The molecule has 1 fully saturated rings. The molecule has 2 atom stereocenters. The molecule has 0 bridgehead atoms. The van der Waals surface area contributed by atoms with Gasteiger partial charge in [0.2, 0.25) is 0 Å². The molecule has 0 aliphatic carbocycles. The molecule has 1 N–H and O–H groups in total. The maximum absolute atomic E-state index is 5.68. The van der Waals surface area contributed by atoms with E-state index in [1.807, 2.05) is 12.3 Å². The van der Waals surface area contributed by atoms with Crippen molar-refractivity contribution in [2.24, 2.45) is 0 Å². The SMILES string of the molecule is C[C@H](NCc1cnc([C@H]2CCCO2)s1)c1cccc(Br)c1. The molecule has 21 heavy (non-hydrogen) atoms. The molecule has 5 heteroatoms. The Balaban J connectivity index is 1.57. The van der Waals surface area contributed by atoms with Crippen LogP contribution < -0.4 is 5.32 Å². The number of rotatable bonds is 5. The third-order valence-corrected chi connectivity index (χ3v) is 5.29. The van der Waals surface area contributed by atoms with Crippen LogP contribution in [-0.2, 0) is 11.3 Å². The van der Waals surface area contributed by atoms with Gasteiger partial charge in [0.15, 0.2) is 0 Å². The largest absolute Gasteiger partial charge is 0.371 e. The number of nitrogens with zero attached hydrogens (tertiary/aromatic N) is 1. The second-order valence-electron chi connectivity index (χ2n) is 5.32. The fourth-order valence-corrected chi connectivity index (χ4v) is 3.84. The Labute approximate surface area is 137 Å². The number of aromatic nitrogens is 1. The van der Waals surface area contributed by atoms with Gasteiger partial charge in [0.1, 0.15) is 11.1 Å². The van der Waals surface area contributed by atoms with Crippen LogP contribution in [0.3, 0.4) is 0 Å². The van der Waals surface area contributed by atoms with E-state index >= 15 is 0 Å². The number of hydrogen-bond acceptors (Lipinski definition) is 4. The Morgan fingerprint density at radius 2 is 2.43 bits per heavy atom. The molecule has 0 saturated carbocycles. The maximum atomic E-state index is 5.68. The van der Waals surface area contributed by atoms with E-state index in [9.17, 15) is 0 Å². The summed E-state index contributed by atoms with van der Waals surface area (Å²) in [5.74, 6) is 0. The summed E-state index contributed by atoms with van der Waals surface area (Å²) >= 11 is 5.28. The molecular formula is C16H19BrN2OS. The van der Waals surface area contributed by atoms with Crippen molar-refractivity contribution >= 4 is 27.3 Å². The van der Waals surface area contributed by atoms with E-state index in [0.717, 1.165) is 35.5 Å². The van der Waals surface area contributed by atoms with E-state index in [1.165, 1.54) is 10.4 Å². The lowest BCUT2D eigenvalue weighted by atomic mass is 10.1. The van der Waals surface area contributed by atoms with Crippen molar-refractivity contribution in [1.29, 1.82) is 0 Å². The number of halogens is 1. The highest BCUT2D eigenvalue weighted by molar-refractivity contribution is 9.10. The number of ether oxygens (including phenoxy) is 1. The van der Waals surface area contributed by atoms with Crippen LogP contribution >= 0.6 is 27.3 Å². The molecule has 2 aromatic rings. The quantitative estimate of drug-likeness (QED) is 0.838. The number of thiazole rings is 1. The molecule has 1 aliphatic heterocycles. The van der Waals surface area contributed by atoms with Gasteiger partial charge in [-0.1, -0.05) is 28.1 Å². The minimum absolute atomic E-state index is 0.228. The van der Waals surface area contributed by atoms with Gasteiger partial charge >= 0.3 is 0 Å². The normalized spacial score (nSPS) is 19.8. The van der Waals surface area contributed by atoms with Crippen LogP contribution in [0, 0.1) is 0 Å². The first-order valence-electron chi connectivity index (χ1n) is 7.27. The Hall–Kier alpha value is -0.750. The summed E-state index contributed by atoms with van der Waals surface area (Å²) in [6.07, 6.45) is 4.46. The first-order valence-corrected chi connectivity index (χ1v) is 8.88. The van der Waals surface area contributed by atoms with E-state index < -0.39 is 0 Å². The first kappa shape index (κ1) is 15.2. The lowest BCUT2D eigenvalue weighted by Crippen LogP contribution is -2.17. The van der Waals surface area contributed by atoms with Gasteiger partial charge < -0.3 is 10.1 Å². The van der Waals surface area contributed by atoms with E-state index in [-0.39, 0.29) is 6.10 Å². The zero-order valence-corrected chi connectivity index (χ0v) is 14.4. The Morgan fingerprint density at radius 3 is 3.19 bits per heavy atom. The van der Waals surface area contributed by atoms with Crippen LogP contribution in [0.1, 0.15) is 47.4 Å². The number of hydrogen-bond donors (Lipinski definition) is 1. The van der Waals surface area contributed by atoms with Crippen LogP contribution in [0.4, 0.5) is 0 Å². The first-order chi connectivity index (χ1) is 10.2. The van der Waals surface area contributed by atoms with Crippen LogP contribution in [-0.4, -0.2) is 11.6 Å². The fraction of sp³-hybridized carbons (Fsp3) is 0.438.